The maximum atomic E-state index is 12.8. The normalized spacial score (nSPS) is 18.6. The summed E-state index contributed by atoms with van der Waals surface area (Å²) in [4.78, 5) is 41.2. The molecule has 9 heteroatoms. The van der Waals surface area contributed by atoms with Gasteiger partial charge in [-0.25, -0.2) is 0 Å². The highest BCUT2D eigenvalue weighted by molar-refractivity contribution is 6.03. The maximum absolute atomic E-state index is 12.8. The van der Waals surface area contributed by atoms with Crippen molar-refractivity contribution in [3.05, 3.63) is 48.5 Å². The van der Waals surface area contributed by atoms with Crippen molar-refractivity contribution in [3.63, 3.8) is 0 Å². The molecule has 2 aliphatic rings. The average Bonchev–Trinajstić information content (AvgIpc) is 3.23. The SMILES string of the molecule is CCOc1ccc(N2CC(C(=O)Nc3ccc(NC(=O)CN4CCOCC4)cc3)CC2=O)cc1. The Morgan fingerprint density at radius 1 is 1.00 bits per heavy atom. The van der Waals surface area contributed by atoms with Crippen LogP contribution in [0, 0.1) is 5.92 Å². The Labute approximate surface area is 199 Å². The molecule has 1 unspecified atom stereocenters. The highest BCUT2D eigenvalue weighted by atomic mass is 16.5. The molecule has 2 aromatic carbocycles. The Hall–Kier alpha value is -3.43. The average molecular weight is 467 g/mol. The first-order chi connectivity index (χ1) is 16.5. The number of benzene rings is 2. The van der Waals surface area contributed by atoms with Crippen LogP contribution in [0.2, 0.25) is 0 Å². The zero-order valence-corrected chi connectivity index (χ0v) is 19.3. The van der Waals surface area contributed by atoms with E-state index in [2.05, 4.69) is 10.6 Å². The first-order valence-corrected chi connectivity index (χ1v) is 11.6. The van der Waals surface area contributed by atoms with Gasteiger partial charge in [0.15, 0.2) is 0 Å². The minimum absolute atomic E-state index is 0.0809. The van der Waals surface area contributed by atoms with Crippen LogP contribution in [0.4, 0.5) is 17.1 Å². The summed E-state index contributed by atoms with van der Waals surface area (Å²) < 4.78 is 10.7. The molecule has 2 N–H and O–H groups in total. The van der Waals surface area contributed by atoms with Crippen molar-refractivity contribution in [2.24, 2.45) is 5.92 Å². The number of rotatable bonds is 8. The van der Waals surface area contributed by atoms with E-state index in [0.717, 1.165) is 24.5 Å². The molecule has 2 heterocycles. The van der Waals surface area contributed by atoms with Crippen molar-refractivity contribution in [1.82, 2.24) is 4.90 Å². The summed E-state index contributed by atoms with van der Waals surface area (Å²) in [5, 5.41) is 5.75. The third-order valence-corrected chi connectivity index (χ3v) is 5.86. The molecule has 0 aromatic heterocycles. The van der Waals surface area contributed by atoms with E-state index in [4.69, 9.17) is 9.47 Å². The Morgan fingerprint density at radius 3 is 2.29 bits per heavy atom. The van der Waals surface area contributed by atoms with E-state index in [9.17, 15) is 14.4 Å². The third-order valence-electron chi connectivity index (χ3n) is 5.86. The van der Waals surface area contributed by atoms with Gasteiger partial charge in [0.05, 0.1) is 32.3 Å². The lowest BCUT2D eigenvalue weighted by atomic mass is 10.1. The number of carbonyl (C=O) groups excluding carboxylic acids is 3. The van der Waals surface area contributed by atoms with Crippen molar-refractivity contribution in [3.8, 4) is 5.75 Å². The van der Waals surface area contributed by atoms with Gasteiger partial charge in [0.1, 0.15) is 5.75 Å². The Balaban J connectivity index is 1.27. The number of ether oxygens (including phenoxy) is 2. The molecule has 3 amide bonds. The minimum atomic E-state index is -0.438. The maximum Gasteiger partial charge on any atom is 0.238 e. The molecule has 0 bridgehead atoms. The van der Waals surface area contributed by atoms with Gasteiger partial charge >= 0.3 is 0 Å². The van der Waals surface area contributed by atoms with Crippen molar-refractivity contribution in [1.29, 1.82) is 0 Å². The molecule has 9 nitrogen and oxygen atoms in total. The quantitative estimate of drug-likeness (QED) is 0.620. The van der Waals surface area contributed by atoms with Crippen LogP contribution >= 0.6 is 0 Å². The number of hydrogen-bond donors (Lipinski definition) is 2. The van der Waals surface area contributed by atoms with Crippen molar-refractivity contribution in [2.75, 3.05) is 61.5 Å². The van der Waals surface area contributed by atoms with Crippen molar-refractivity contribution < 1.29 is 23.9 Å². The molecule has 180 valence electrons. The summed E-state index contributed by atoms with van der Waals surface area (Å²) in [7, 11) is 0. The summed E-state index contributed by atoms with van der Waals surface area (Å²) in [6.45, 7) is 5.93. The monoisotopic (exact) mass is 466 g/mol. The molecular weight excluding hydrogens is 436 g/mol. The number of nitrogens with one attached hydrogen (secondary N) is 2. The van der Waals surface area contributed by atoms with Crippen LogP contribution in [0.3, 0.4) is 0 Å². The number of morpholine rings is 1. The standard InChI is InChI=1S/C25H30N4O5/c1-2-34-22-9-7-21(8-10-22)29-16-18(15-24(29)31)25(32)27-20-5-3-19(4-6-20)26-23(30)17-28-11-13-33-14-12-28/h3-10,18H,2,11-17H2,1H3,(H,26,30)(H,27,32). The lowest BCUT2D eigenvalue weighted by molar-refractivity contribution is -0.122. The van der Waals surface area contributed by atoms with E-state index in [1.54, 1.807) is 29.2 Å². The molecule has 0 saturated carbocycles. The second-order valence-electron chi connectivity index (χ2n) is 8.34. The second kappa shape index (κ2) is 11.1. The smallest absolute Gasteiger partial charge is 0.238 e. The zero-order chi connectivity index (χ0) is 23.9. The topological polar surface area (TPSA) is 100 Å². The largest absolute Gasteiger partial charge is 0.494 e. The van der Waals surface area contributed by atoms with E-state index in [1.807, 2.05) is 36.1 Å². The fourth-order valence-electron chi connectivity index (χ4n) is 4.07. The van der Waals surface area contributed by atoms with Gasteiger partial charge in [-0.2, -0.15) is 0 Å². The van der Waals surface area contributed by atoms with Crippen molar-refractivity contribution >= 4 is 34.8 Å². The molecule has 0 spiro atoms. The van der Waals surface area contributed by atoms with Gasteiger partial charge in [-0.15, -0.1) is 0 Å². The van der Waals surface area contributed by atoms with Gasteiger partial charge in [-0.3, -0.25) is 19.3 Å². The number of nitrogens with zero attached hydrogens (tertiary/aromatic N) is 2. The van der Waals surface area contributed by atoms with Crippen LogP contribution in [0.25, 0.3) is 0 Å². The molecule has 4 rings (SSSR count). The van der Waals surface area contributed by atoms with Gasteiger partial charge in [0.25, 0.3) is 0 Å². The Morgan fingerprint density at radius 2 is 1.65 bits per heavy atom. The molecule has 1 atom stereocenters. The Bertz CT molecular complexity index is 1000. The molecule has 2 saturated heterocycles. The van der Waals surface area contributed by atoms with E-state index in [1.165, 1.54) is 0 Å². The highest BCUT2D eigenvalue weighted by Gasteiger charge is 2.35. The number of anilines is 3. The van der Waals surface area contributed by atoms with Crippen molar-refractivity contribution in [2.45, 2.75) is 13.3 Å². The van der Waals surface area contributed by atoms with Gasteiger partial charge in [-0.1, -0.05) is 0 Å². The summed E-state index contributed by atoms with van der Waals surface area (Å²) in [5.41, 5.74) is 2.03. The molecule has 34 heavy (non-hydrogen) atoms. The second-order valence-corrected chi connectivity index (χ2v) is 8.34. The van der Waals surface area contributed by atoms with Crippen LogP contribution in [0.5, 0.6) is 5.75 Å². The van der Waals surface area contributed by atoms with Gasteiger partial charge in [0.2, 0.25) is 17.7 Å². The third kappa shape index (κ3) is 6.12. The predicted octanol–water partition coefficient (Wildman–Crippen LogP) is 2.35. The zero-order valence-electron chi connectivity index (χ0n) is 19.3. The molecule has 0 aliphatic carbocycles. The Kier molecular flexibility index (Phi) is 7.76. The van der Waals surface area contributed by atoms with Crippen LogP contribution in [0.15, 0.2) is 48.5 Å². The number of amides is 3. The lowest BCUT2D eigenvalue weighted by Gasteiger charge is -2.25. The number of carbonyl (C=O) groups is 3. The molecule has 2 fully saturated rings. The van der Waals surface area contributed by atoms with Crippen LogP contribution in [-0.2, 0) is 19.1 Å². The summed E-state index contributed by atoms with van der Waals surface area (Å²) >= 11 is 0. The van der Waals surface area contributed by atoms with Gasteiger partial charge < -0.3 is 25.0 Å². The van der Waals surface area contributed by atoms with E-state index in [0.29, 0.717) is 44.3 Å². The van der Waals surface area contributed by atoms with Gasteiger partial charge in [0, 0.05) is 43.1 Å². The molecule has 0 radical (unpaired) electrons. The predicted molar refractivity (Wildman–Crippen MR) is 129 cm³/mol. The molecule has 2 aliphatic heterocycles. The fraction of sp³-hybridized carbons (Fsp3) is 0.400. The van der Waals surface area contributed by atoms with Crippen LogP contribution < -0.4 is 20.3 Å². The minimum Gasteiger partial charge on any atom is -0.494 e. The molecular formula is C25H30N4O5. The van der Waals surface area contributed by atoms with Gasteiger partial charge in [-0.05, 0) is 55.5 Å². The first kappa shape index (κ1) is 23.7. The number of hydrogen-bond acceptors (Lipinski definition) is 6. The fourth-order valence-corrected chi connectivity index (χ4v) is 4.07. The first-order valence-electron chi connectivity index (χ1n) is 11.6. The van der Waals surface area contributed by atoms with E-state index >= 15 is 0 Å². The summed E-state index contributed by atoms with van der Waals surface area (Å²) in [6.07, 6.45) is 0.161. The van der Waals surface area contributed by atoms with E-state index in [-0.39, 0.29) is 24.1 Å². The highest BCUT2D eigenvalue weighted by Crippen LogP contribution is 2.28. The summed E-state index contributed by atoms with van der Waals surface area (Å²) in [5.74, 6) is -0.0639. The molecule has 2 aromatic rings. The lowest BCUT2D eigenvalue weighted by Crippen LogP contribution is -2.41. The van der Waals surface area contributed by atoms with Crippen LogP contribution in [-0.4, -0.2) is 68.6 Å². The van der Waals surface area contributed by atoms with E-state index < -0.39 is 5.92 Å². The van der Waals surface area contributed by atoms with Crippen LogP contribution in [0.1, 0.15) is 13.3 Å². The summed E-state index contributed by atoms with van der Waals surface area (Å²) in [6, 6.07) is 14.3.